The zero-order chi connectivity index (χ0) is 14.8. The van der Waals surface area contributed by atoms with Crippen LogP contribution in [0.4, 0.5) is 5.69 Å². The van der Waals surface area contributed by atoms with E-state index in [0.29, 0.717) is 43.4 Å². The molecule has 0 atom stereocenters. The number of carbonyl (C=O) groups is 1. The molecule has 0 aromatic heterocycles. The molecule has 1 amide bonds. The summed E-state index contributed by atoms with van der Waals surface area (Å²) >= 11 is 0. The molecule has 20 heavy (non-hydrogen) atoms. The van der Waals surface area contributed by atoms with Crippen molar-refractivity contribution in [2.75, 3.05) is 46.3 Å². The van der Waals surface area contributed by atoms with Gasteiger partial charge < -0.3 is 25.3 Å². The Kier molecular flexibility index (Phi) is 7.46. The molecule has 112 valence electrons. The van der Waals surface area contributed by atoms with Crippen LogP contribution >= 0.6 is 0 Å². The van der Waals surface area contributed by atoms with E-state index in [-0.39, 0.29) is 5.91 Å². The van der Waals surface area contributed by atoms with Crippen LogP contribution in [0.5, 0.6) is 5.75 Å². The monoisotopic (exact) mass is 282 g/mol. The Balaban J connectivity index is 2.35. The fourth-order valence-electron chi connectivity index (χ4n) is 1.68. The lowest BCUT2D eigenvalue weighted by molar-refractivity contribution is 0.0688. The molecule has 1 rings (SSSR count). The summed E-state index contributed by atoms with van der Waals surface area (Å²) in [6, 6.07) is 5.10. The third-order valence-electron chi connectivity index (χ3n) is 2.68. The van der Waals surface area contributed by atoms with E-state index in [2.05, 4.69) is 5.32 Å². The minimum atomic E-state index is -0.203. The Hall–Kier alpha value is -1.79. The molecule has 0 bridgehead atoms. The first-order valence-corrected chi connectivity index (χ1v) is 6.48. The first kappa shape index (κ1) is 16.3. The van der Waals surface area contributed by atoms with Crippen LogP contribution in [-0.4, -0.2) is 46.5 Å². The highest BCUT2D eigenvalue weighted by atomic mass is 16.5. The molecule has 6 nitrogen and oxygen atoms in total. The second kappa shape index (κ2) is 9.17. The van der Waals surface area contributed by atoms with Crippen molar-refractivity contribution in [1.82, 2.24) is 5.32 Å². The van der Waals surface area contributed by atoms with E-state index in [1.807, 2.05) is 0 Å². The van der Waals surface area contributed by atoms with Crippen LogP contribution in [0.2, 0.25) is 0 Å². The number of nitrogen functional groups attached to an aromatic ring is 1. The lowest BCUT2D eigenvalue weighted by Crippen LogP contribution is -2.26. The number of nitrogens with two attached hydrogens (primary N) is 1. The van der Waals surface area contributed by atoms with Gasteiger partial charge in [-0.05, 0) is 18.6 Å². The fraction of sp³-hybridized carbons (Fsp3) is 0.500. The Labute approximate surface area is 119 Å². The molecular weight excluding hydrogens is 260 g/mol. The average Bonchev–Trinajstić information content (AvgIpc) is 2.45. The largest absolute Gasteiger partial charge is 0.494 e. The molecule has 0 aliphatic carbocycles. The number of methoxy groups -OCH3 is 2. The van der Waals surface area contributed by atoms with Crippen LogP contribution in [-0.2, 0) is 9.47 Å². The SMILES string of the molecule is COCCOCCCNC(=O)c1cccc(N)c1OC. The van der Waals surface area contributed by atoms with Gasteiger partial charge in [0.15, 0.2) is 5.75 Å². The number of para-hydroxylation sites is 1. The number of hydrogen-bond acceptors (Lipinski definition) is 5. The predicted octanol–water partition coefficient (Wildman–Crippen LogP) is 1.06. The van der Waals surface area contributed by atoms with Gasteiger partial charge in [-0.15, -0.1) is 0 Å². The Morgan fingerprint density at radius 1 is 1.25 bits per heavy atom. The molecule has 0 unspecified atom stereocenters. The Morgan fingerprint density at radius 3 is 2.75 bits per heavy atom. The van der Waals surface area contributed by atoms with E-state index in [0.717, 1.165) is 6.42 Å². The van der Waals surface area contributed by atoms with E-state index in [1.165, 1.54) is 7.11 Å². The minimum absolute atomic E-state index is 0.203. The summed E-state index contributed by atoms with van der Waals surface area (Å²) in [5.74, 6) is 0.201. The molecule has 6 heteroatoms. The molecule has 3 N–H and O–H groups in total. The van der Waals surface area contributed by atoms with E-state index < -0.39 is 0 Å². The second-order valence-corrected chi connectivity index (χ2v) is 4.14. The summed E-state index contributed by atoms with van der Waals surface area (Å²) in [5.41, 5.74) is 6.64. The molecule has 1 aromatic rings. The van der Waals surface area contributed by atoms with Gasteiger partial charge in [0.05, 0.1) is 31.6 Å². The summed E-state index contributed by atoms with van der Waals surface area (Å²) < 4.78 is 15.3. The zero-order valence-corrected chi connectivity index (χ0v) is 12.0. The van der Waals surface area contributed by atoms with Crippen molar-refractivity contribution in [1.29, 1.82) is 0 Å². The van der Waals surface area contributed by atoms with Gasteiger partial charge in [-0.3, -0.25) is 4.79 Å². The first-order chi connectivity index (χ1) is 9.70. The molecule has 1 aromatic carbocycles. The van der Waals surface area contributed by atoms with Crippen molar-refractivity contribution in [2.45, 2.75) is 6.42 Å². The average molecular weight is 282 g/mol. The third-order valence-corrected chi connectivity index (χ3v) is 2.68. The highest BCUT2D eigenvalue weighted by Crippen LogP contribution is 2.25. The van der Waals surface area contributed by atoms with E-state index in [9.17, 15) is 4.79 Å². The third kappa shape index (κ3) is 5.07. The van der Waals surface area contributed by atoms with Crippen LogP contribution in [0.25, 0.3) is 0 Å². The Morgan fingerprint density at radius 2 is 2.05 bits per heavy atom. The van der Waals surface area contributed by atoms with Crippen molar-refractivity contribution in [3.8, 4) is 5.75 Å². The van der Waals surface area contributed by atoms with E-state index in [4.69, 9.17) is 19.9 Å². The summed E-state index contributed by atoms with van der Waals surface area (Å²) in [7, 11) is 3.12. The molecule has 0 fully saturated rings. The van der Waals surface area contributed by atoms with Crippen LogP contribution < -0.4 is 15.8 Å². The van der Waals surface area contributed by atoms with Gasteiger partial charge >= 0.3 is 0 Å². The molecule has 0 aliphatic heterocycles. The van der Waals surface area contributed by atoms with Gasteiger partial charge in [0.2, 0.25) is 0 Å². The molecular formula is C14H22N2O4. The number of benzene rings is 1. The van der Waals surface area contributed by atoms with Crippen LogP contribution in [0, 0.1) is 0 Å². The normalized spacial score (nSPS) is 10.3. The van der Waals surface area contributed by atoms with Crippen molar-refractivity contribution in [3.05, 3.63) is 23.8 Å². The lowest BCUT2D eigenvalue weighted by Gasteiger charge is -2.11. The van der Waals surface area contributed by atoms with Crippen molar-refractivity contribution >= 4 is 11.6 Å². The van der Waals surface area contributed by atoms with E-state index in [1.54, 1.807) is 25.3 Å². The Bertz CT molecular complexity index is 424. The highest BCUT2D eigenvalue weighted by Gasteiger charge is 2.13. The standard InChI is InChI=1S/C14H22N2O4/c1-18-9-10-20-8-4-7-16-14(17)11-5-3-6-12(15)13(11)19-2/h3,5-6H,4,7-10,15H2,1-2H3,(H,16,17). The van der Waals surface area contributed by atoms with Gasteiger partial charge in [0.1, 0.15) is 0 Å². The molecule has 0 spiro atoms. The molecule has 0 saturated carbocycles. The van der Waals surface area contributed by atoms with Gasteiger partial charge in [-0.2, -0.15) is 0 Å². The maximum Gasteiger partial charge on any atom is 0.255 e. The minimum Gasteiger partial charge on any atom is -0.494 e. The summed E-state index contributed by atoms with van der Waals surface area (Å²) in [4.78, 5) is 12.0. The predicted molar refractivity (Wildman–Crippen MR) is 77.1 cm³/mol. The molecule has 0 heterocycles. The van der Waals surface area contributed by atoms with Crippen LogP contribution in [0.15, 0.2) is 18.2 Å². The summed E-state index contributed by atoms with van der Waals surface area (Å²) in [5, 5.41) is 2.81. The molecule has 0 aliphatic rings. The smallest absolute Gasteiger partial charge is 0.255 e. The van der Waals surface area contributed by atoms with Gasteiger partial charge in [-0.1, -0.05) is 6.07 Å². The molecule has 0 radical (unpaired) electrons. The first-order valence-electron chi connectivity index (χ1n) is 6.48. The zero-order valence-electron chi connectivity index (χ0n) is 12.0. The number of rotatable bonds is 9. The maximum absolute atomic E-state index is 12.0. The quantitative estimate of drug-likeness (QED) is 0.523. The summed E-state index contributed by atoms with van der Waals surface area (Å²) in [6.45, 7) is 2.25. The van der Waals surface area contributed by atoms with E-state index >= 15 is 0 Å². The number of amides is 1. The second-order valence-electron chi connectivity index (χ2n) is 4.14. The van der Waals surface area contributed by atoms with Crippen LogP contribution in [0.1, 0.15) is 16.8 Å². The number of carbonyl (C=O) groups excluding carboxylic acids is 1. The number of ether oxygens (including phenoxy) is 3. The van der Waals surface area contributed by atoms with Crippen molar-refractivity contribution in [2.24, 2.45) is 0 Å². The lowest BCUT2D eigenvalue weighted by atomic mass is 10.1. The number of anilines is 1. The highest BCUT2D eigenvalue weighted by molar-refractivity contribution is 5.98. The van der Waals surface area contributed by atoms with Gasteiger partial charge in [0, 0.05) is 20.3 Å². The maximum atomic E-state index is 12.0. The number of nitrogens with one attached hydrogen (secondary N) is 1. The summed E-state index contributed by atoms with van der Waals surface area (Å²) in [6.07, 6.45) is 0.736. The van der Waals surface area contributed by atoms with Crippen molar-refractivity contribution in [3.63, 3.8) is 0 Å². The topological polar surface area (TPSA) is 82.8 Å². The van der Waals surface area contributed by atoms with Gasteiger partial charge in [0.25, 0.3) is 5.91 Å². The number of hydrogen-bond donors (Lipinski definition) is 2. The molecule has 0 saturated heterocycles. The van der Waals surface area contributed by atoms with Gasteiger partial charge in [-0.25, -0.2) is 0 Å². The van der Waals surface area contributed by atoms with Crippen molar-refractivity contribution < 1.29 is 19.0 Å². The fourth-order valence-corrected chi connectivity index (χ4v) is 1.68. The van der Waals surface area contributed by atoms with Crippen LogP contribution in [0.3, 0.4) is 0 Å².